The second kappa shape index (κ2) is 10.0. The van der Waals surface area contributed by atoms with Crippen LogP contribution in [0.25, 0.3) is 0 Å². The maximum absolute atomic E-state index is 12.9. The third-order valence-corrected chi connectivity index (χ3v) is 5.39. The highest BCUT2D eigenvalue weighted by Gasteiger charge is 2.09. The Labute approximate surface area is 170 Å². The van der Waals surface area contributed by atoms with Crippen LogP contribution in [0.4, 0.5) is 15.2 Å². The summed E-state index contributed by atoms with van der Waals surface area (Å²) < 4.78 is 12.9. The average molecular weight is 416 g/mol. The number of carbonyl (C=O) groups excluding carboxylic acids is 2. The van der Waals surface area contributed by atoms with Crippen molar-refractivity contribution in [3.05, 3.63) is 77.1 Å². The van der Waals surface area contributed by atoms with E-state index in [0.29, 0.717) is 23.0 Å². The van der Waals surface area contributed by atoms with E-state index in [-0.39, 0.29) is 23.4 Å². The number of aromatic nitrogens is 1. The van der Waals surface area contributed by atoms with E-state index in [1.165, 1.54) is 47.4 Å². The van der Waals surface area contributed by atoms with E-state index in [2.05, 4.69) is 15.6 Å². The lowest BCUT2D eigenvalue weighted by molar-refractivity contribution is -0.115. The average Bonchev–Trinajstić information content (AvgIpc) is 3.11. The Morgan fingerprint density at radius 3 is 2.50 bits per heavy atom. The predicted octanol–water partition coefficient (Wildman–Crippen LogP) is 4.34. The van der Waals surface area contributed by atoms with Gasteiger partial charge >= 0.3 is 0 Å². The van der Waals surface area contributed by atoms with Gasteiger partial charge < -0.3 is 10.6 Å². The summed E-state index contributed by atoms with van der Waals surface area (Å²) in [4.78, 5) is 28.3. The number of amides is 2. The predicted molar refractivity (Wildman–Crippen MR) is 112 cm³/mol. The zero-order valence-electron chi connectivity index (χ0n) is 14.9. The number of carbonyl (C=O) groups is 2. The zero-order valence-corrected chi connectivity index (χ0v) is 16.5. The molecule has 3 aromatic rings. The molecule has 3 rings (SSSR count). The summed E-state index contributed by atoms with van der Waals surface area (Å²) in [6.45, 7) is 0. The number of nitrogens with zero attached hydrogens (tertiary/aromatic N) is 1. The van der Waals surface area contributed by atoms with E-state index < -0.39 is 0 Å². The van der Waals surface area contributed by atoms with E-state index in [0.717, 1.165) is 11.3 Å². The third kappa shape index (κ3) is 6.47. The molecule has 2 amide bonds. The smallest absolute Gasteiger partial charge is 0.234 e. The minimum atomic E-state index is -0.345. The summed E-state index contributed by atoms with van der Waals surface area (Å²) in [6.07, 6.45) is 0.300. The second-order valence-corrected chi connectivity index (χ2v) is 7.75. The van der Waals surface area contributed by atoms with Gasteiger partial charge in [0.2, 0.25) is 11.8 Å². The molecule has 0 saturated carbocycles. The molecule has 28 heavy (non-hydrogen) atoms. The standard InChI is InChI=1S/C20H18FN3O2S2/c21-15-6-8-16(9-7-15)22-19(26)13-27-11-17-12-28-20(23-17)24-18(25)10-14-4-2-1-3-5-14/h1-9,12H,10-11,13H2,(H,22,26)(H,23,24,25). The SMILES string of the molecule is O=C(CSCc1csc(NC(=O)Cc2ccccc2)n1)Nc1ccc(F)cc1. The van der Waals surface area contributed by atoms with Crippen molar-refractivity contribution in [2.45, 2.75) is 12.2 Å². The van der Waals surface area contributed by atoms with Crippen LogP contribution < -0.4 is 10.6 Å². The zero-order chi connectivity index (χ0) is 19.8. The van der Waals surface area contributed by atoms with Gasteiger partial charge in [0.1, 0.15) is 5.82 Å². The number of anilines is 2. The maximum atomic E-state index is 12.9. The van der Waals surface area contributed by atoms with Crippen molar-refractivity contribution in [1.82, 2.24) is 4.98 Å². The van der Waals surface area contributed by atoms with Crippen LogP contribution in [0.15, 0.2) is 60.0 Å². The van der Waals surface area contributed by atoms with Gasteiger partial charge in [-0.3, -0.25) is 9.59 Å². The quantitative estimate of drug-likeness (QED) is 0.574. The van der Waals surface area contributed by atoms with Gasteiger partial charge in [0.05, 0.1) is 17.9 Å². The van der Waals surface area contributed by atoms with Gasteiger partial charge in [0.25, 0.3) is 0 Å². The van der Waals surface area contributed by atoms with Crippen molar-refractivity contribution in [2.75, 3.05) is 16.4 Å². The molecule has 2 aromatic carbocycles. The van der Waals surface area contributed by atoms with E-state index >= 15 is 0 Å². The molecule has 144 valence electrons. The Morgan fingerprint density at radius 1 is 1.00 bits per heavy atom. The first-order valence-corrected chi connectivity index (χ1v) is 10.5. The summed E-state index contributed by atoms with van der Waals surface area (Å²) in [5.74, 6) is 0.191. The number of hydrogen-bond acceptors (Lipinski definition) is 5. The summed E-state index contributed by atoms with van der Waals surface area (Å²) in [7, 11) is 0. The molecule has 0 radical (unpaired) electrons. The molecule has 1 heterocycles. The highest BCUT2D eigenvalue weighted by molar-refractivity contribution is 7.99. The number of thiazole rings is 1. The Hall–Kier alpha value is -2.71. The molecule has 0 atom stereocenters. The molecule has 0 aliphatic heterocycles. The fourth-order valence-corrected chi connectivity index (χ4v) is 3.90. The first-order valence-electron chi connectivity index (χ1n) is 8.50. The van der Waals surface area contributed by atoms with Gasteiger partial charge in [0, 0.05) is 16.8 Å². The molecule has 0 aliphatic carbocycles. The molecule has 0 unspecified atom stereocenters. The molecule has 0 aliphatic rings. The van der Waals surface area contributed by atoms with Crippen molar-refractivity contribution in [1.29, 1.82) is 0 Å². The van der Waals surface area contributed by atoms with Crippen LogP contribution >= 0.6 is 23.1 Å². The normalized spacial score (nSPS) is 10.5. The molecule has 0 spiro atoms. The van der Waals surface area contributed by atoms with Crippen molar-refractivity contribution < 1.29 is 14.0 Å². The van der Waals surface area contributed by atoms with Crippen LogP contribution in [0.1, 0.15) is 11.3 Å². The van der Waals surface area contributed by atoms with Crippen LogP contribution in [0.2, 0.25) is 0 Å². The number of benzene rings is 2. The monoisotopic (exact) mass is 415 g/mol. The lowest BCUT2D eigenvalue weighted by Crippen LogP contribution is -2.14. The van der Waals surface area contributed by atoms with Gasteiger partial charge in [-0.25, -0.2) is 9.37 Å². The number of nitrogens with one attached hydrogen (secondary N) is 2. The molecule has 5 nitrogen and oxygen atoms in total. The van der Waals surface area contributed by atoms with E-state index in [1.807, 2.05) is 35.7 Å². The van der Waals surface area contributed by atoms with Gasteiger partial charge in [-0.2, -0.15) is 0 Å². The molecular formula is C20H18FN3O2S2. The van der Waals surface area contributed by atoms with E-state index in [4.69, 9.17) is 0 Å². The van der Waals surface area contributed by atoms with Gasteiger partial charge in [-0.05, 0) is 29.8 Å². The minimum Gasteiger partial charge on any atom is -0.325 e. The van der Waals surface area contributed by atoms with Crippen LogP contribution in [-0.4, -0.2) is 22.6 Å². The highest BCUT2D eigenvalue weighted by Crippen LogP contribution is 2.20. The number of hydrogen-bond donors (Lipinski definition) is 2. The van der Waals surface area contributed by atoms with Crippen molar-refractivity contribution >= 4 is 45.7 Å². The first kappa shape index (κ1) is 20.0. The number of rotatable bonds is 8. The van der Waals surface area contributed by atoms with Crippen LogP contribution in [0, 0.1) is 5.82 Å². The first-order chi connectivity index (χ1) is 13.6. The number of halogens is 1. The Kier molecular flexibility index (Phi) is 7.16. The fraction of sp³-hybridized carbons (Fsp3) is 0.150. The van der Waals surface area contributed by atoms with Crippen molar-refractivity contribution in [3.8, 4) is 0 Å². The molecule has 0 fully saturated rings. The highest BCUT2D eigenvalue weighted by atomic mass is 32.2. The van der Waals surface area contributed by atoms with Gasteiger partial charge in [-0.15, -0.1) is 23.1 Å². The molecular weight excluding hydrogens is 397 g/mol. The molecule has 2 N–H and O–H groups in total. The van der Waals surface area contributed by atoms with Crippen LogP contribution in [-0.2, 0) is 21.8 Å². The number of thioether (sulfide) groups is 1. The minimum absolute atomic E-state index is 0.113. The van der Waals surface area contributed by atoms with Gasteiger partial charge in [0.15, 0.2) is 5.13 Å². The van der Waals surface area contributed by atoms with Crippen LogP contribution in [0.3, 0.4) is 0 Å². The lowest BCUT2D eigenvalue weighted by atomic mass is 10.1. The fourth-order valence-electron chi connectivity index (χ4n) is 2.35. The van der Waals surface area contributed by atoms with E-state index in [9.17, 15) is 14.0 Å². The van der Waals surface area contributed by atoms with Crippen LogP contribution in [0.5, 0.6) is 0 Å². The summed E-state index contributed by atoms with van der Waals surface area (Å²) in [5.41, 5.74) is 2.31. The summed E-state index contributed by atoms with van der Waals surface area (Å²) >= 11 is 2.78. The lowest BCUT2D eigenvalue weighted by Gasteiger charge is -2.04. The Morgan fingerprint density at radius 2 is 1.75 bits per heavy atom. The molecule has 8 heteroatoms. The Balaban J connectivity index is 1.40. The largest absolute Gasteiger partial charge is 0.325 e. The van der Waals surface area contributed by atoms with Crippen molar-refractivity contribution in [2.24, 2.45) is 0 Å². The third-order valence-electron chi connectivity index (χ3n) is 3.62. The van der Waals surface area contributed by atoms with E-state index in [1.54, 1.807) is 0 Å². The summed E-state index contributed by atoms with van der Waals surface area (Å²) in [5, 5.41) is 7.92. The molecule has 0 saturated heterocycles. The molecule has 1 aromatic heterocycles. The second-order valence-electron chi connectivity index (χ2n) is 5.90. The van der Waals surface area contributed by atoms with Crippen molar-refractivity contribution in [3.63, 3.8) is 0 Å². The molecule has 0 bridgehead atoms. The van der Waals surface area contributed by atoms with Gasteiger partial charge in [-0.1, -0.05) is 30.3 Å². The topological polar surface area (TPSA) is 71.1 Å². The maximum Gasteiger partial charge on any atom is 0.234 e. The Bertz CT molecular complexity index is 930. The summed E-state index contributed by atoms with van der Waals surface area (Å²) in [6, 6.07) is 15.1.